The summed E-state index contributed by atoms with van der Waals surface area (Å²) in [4.78, 5) is 6.63. The van der Waals surface area contributed by atoms with Crippen molar-refractivity contribution in [2.24, 2.45) is 10.1 Å². The van der Waals surface area contributed by atoms with Crippen molar-refractivity contribution in [3.63, 3.8) is 0 Å². The summed E-state index contributed by atoms with van der Waals surface area (Å²) in [5.41, 5.74) is 4.18. The Morgan fingerprint density at radius 2 is 2.08 bits per heavy atom. The molecule has 0 aliphatic carbocycles. The summed E-state index contributed by atoms with van der Waals surface area (Å²) in [5, 5.41) is 8.87. The fraction of sp³-hybridized carbons (Fsp3) is 0.200. The van der Waals surface area contributed by atoms with Crippen LogP contribution in [0.2, 0.25) is 0 Å². The van der Waals surface area contributed by atoms with Crippen LogP contribution in [0.25, 0.3) is 11.3 Å². The van der Waals surface area contributed by atoms with Gasteiger partial charge >= 0.3 is 0 Å². The first-order valence-corrected chi connectivity index (χ1v) is 9.93. The van der Waals surface area contributed by atoms with E-state index in [1.807, 2.05) is 42.1 Å². The van der Waals surface area contributed by atoms with E-state index in [1.54, 1.807) is 29.8 Å². The highest BCUT2D eigenvalue weighted by Crippen LogP contribution is 2.30. The Bertz CT molecular complexity index is 1010. The average molecular weight is 384 g/mol. The van der Waals surface area contributed by atoms with Crippen molar-refractivity contribution in [3.8, 4) is 17.0 Å². The third kappa shape index (κ3) is 4.03. The lowest BCUT2D eigenvalue weighted by Gasteiger charge is -2.08. The quantitative estimate of drug-likeness (QED) is 0.438. The van der Waals surface area contributed by atoms with Gasteiger partial charge in [0.1, 0.15) is 5.75 Å². The molecule has 0 N–H and O–H groups in total. The van der Waals surface area contributed by atoms with Gasteiger partial charge in [0.05, 0.1) is 30.4 Å². The van der Waals surface area contributed by atoms with Crippen molar-refractivity contribution >= 4 is 28.9 Å². The number of ether oxygens (including phenoxy) is 1. The van der Waals surface area contributed by atoms with Crippen molar-refractivity contribution < 1.29 is 4.74 Å². The average Bonchev–Trinajstić information content (AvgIpc) is 3.23. The first-order chi connectivity index (χ1) is 12.6. The van der Waals surface area contributed by atoms with E-state index in [-0.39, 0.29) is 0 Å². The topological polar surface area (TPSA) is 38.9 Å². The van der Waals surface area contributed by atoms with Crippen molar-refractivity contribution in [1.82, 2.24) is 4.68 Å². The van der Waals surface area contributed by atoms with Crippen LogP contribution in [0.15, 0.2) is 63.3 Å². The normalized spacial score (nSPS) is 12.0. The predicted octanol–water partition coefficient (Wildman–Crippen LogP) is 4.95. The van der Waals surface area contributed by atoms with Crippen molar-refractivity contribution in [3.05, 3.63) is 68.5 Å². The Morgan fingerprint density at radius 3 is 2.77 bits per heavy atom. The lowest BCUT2D eigenvalue weighted by Crippen LogP contribution is -2.13. The maximum Gasteiger partial charge on any atom is 0.206 e. The zero-order chi connectivity index (χ0) is 18.5. The van der Waals surface area contributed by atoms with E-state index in [2.05, 4.69) is 35.3 Å². The second kappa shape index (κ2) is 8.29. The molecule has 0 amide bonds. The molecule has 0 bridgehead atoms. The number of thiazole rings is 1. The molecule has 0 atom stereocenters. The van der Waals surface area contributed by atoms with E-state index in [0.717, 1.165) is 32.3 Å². The summed E-state index contributed by atoms with van der Waals surface area (Å²) in [6.45, 7) is 8.58. The van der Waals surface area contributed by atoms with Gasteiger partial charge in [-0.1, -0.05) is 24.3 Å². The smallest absolute Gasteiger partial charge is 0.206 e. The molecule has 0 saturated heterocycles. The molecule has 0 aliphatic heterocycles. The molecule has 0 unspecified atom stereocenters. The van der Waals surface area contributed by atoms with E-state index >= 15 is 0 Å². The number of nitrogens with zero attached hydrogens (tertiary/aromatic N) is 3. The molecule has 1 aromatic carbocycles. The second-order valence-corrected chi connectivity index (χ2v) is 7.69. The number of benzene rings is 1. The first-order valence-electron chi connectivity index (χ1n) is 8.17. The van der Waals surface area contributed by atoms with Crippen LogP contribution in [0.5, 0.6) is 5.75 Å². The third-order valence-corrected chi connectivity index (χ3v) is 5.55. The number of aromatic nitrogens is 1. The monoisotopic (exact) mass is 383 g/mol. The molecule has 26 heavy (non-hydrogen) atoms. The highest BCUT2D eigenvalue weighted by molar-refractivity contribution is 7.11. The van der Waals surface area contributed by atoms with E-state index in [9.17, 15) is 0 Å². The van der Waals surface area contributed by atoms with Crippen molar-refractivity contribution in [2.45, 2.75) is 13.8 Å². The van der Waals surface area contributed by atoms with Crippen LogP contribution < -0.4 is 9.54 Å². The van der Waals surface area contributed by atoms with Crippen LogP contribution >= 0.6 is 22.7 Å². The number of hydrogen-bond acceptors (Lipinski definition) is 5. The van der Waals surface area contributed by atoms with Gasteiger partial charge in [-0.15, -0.1) is 22.7 Å². The van der Waals surface area contributed by atoms with Crippen LogP contribution in [0.4, 0.5) is 0 Å². The molecule has 134 valence electrons. The Balaban J connectivity index is 2.13. The minimum Gasteiger partial charge on any atom is -0.496 e. The van der Waals surface area contributed by atoms with Gasteiger partial charge in [-0.05, 0) is 43.0 Å². The first kappa shape index (κ1) is 18.4. The minimum absolute atomic E-state index is 0.583. The number of hydrogen-bond donors (Lipinski definition) is 0. The summed E-state index contributed by atoms with van der Waals surface area (Å²) < 4.78 is 7.41. The number of para-hydroxylation sites is 1. The van der Waals surface area contributed by atoms with Gasteiger partial charge in [0, 0.05) is 10.9 Å². The van der Waals surface area contributed by atoms with Gasteiger partial charge in [-0.2, -0.15) is 5.10 Å². The summed E-state index contributed by atoms with van der Waals surface area (Å²) in [7, 11) is 1.68. The summed E-state index contributed by atoms with van der Waals surface area (Å²) in [5.74, 6) is 0.813. The molecule has 6 heteroatoms. The Hall–Kier alpha value is -2.44. The zero-order valence-corrected chi connectivity index (χ0v) is 16.7. The van der Waals surface area contributed by atoms with Crippen LogP contribution in [-0.4, -0.2) is 24.5 Å². The molecule has 2 aromatic heterocycles. The maximum atomic E-state index is 5.53. The Morgan fingerprint density at radius 1 is 1.27 bits per heavy atom. The third-order valence-electron chi connectivity index (χ3n) is 3.74. The van der Waals surface area contributed by atoms with Crippen LogP contribution in [-0.2, 0) is 0 Å². The maximum absolute atomic E-state index is 5.53. The molecule has 0 aliphatic rings. The molecule has 0 radical (unpaired) electrons. The summed E-state index contributed by atoms with van der Waals surface area (Å²) in [6.07, 6.45) is 1.89. The molecular weight excluding hydrogens is 362 g/mol. The minimum atomic E-state index is 0.583. The summed E-state index contributed by atoms with van der Waals surface area (Å²) >= 11 is 3.24. The van der Waals surface area contributed by atoms with Crippen LogP contribution in [0, 0.1) is 6.92 Å². The molecular formula is C20H21N3OS2. The number of rotatable bonds is 6. The standard InChI is InChI=1S/C20H21N3OS2/c1-14(2)11-21-20-23(22-12-19-15(3)9-10-25-19)17(13-26-20)16-7-5-6-8-18(16)24-4/h5-10,12-13H,1,11H2,2-4H3. The molecule has 2 heterocycles. The predicted molar refractivity (Wildman–Crippen MR) is 112 cm³/mol. The highest BCUT2D eigenvalue weighted by atomic mass is 32.1. The highest BCUT2D eigenvalue weighted by Gasteiger charge is 2.12. The van der Waals surface area contributed by atoms with E-state index in [4.69, 9.17) is 9.84 Å². The van der Waals surface area contributed by atoms with Crippen molar-refractivity contribution in [1.29, 1.82) is 0 Å². The number of aryl methyl sites for hydroxylation is 1. The van der Waals surface area contributed by atoms with Gasteiger partial charge in [0.25, 0.3) is 0 Å². The van der Waals surface area contributed by atoms with Gasteiger partial charge in [-0.25, -0.2) is 4.68 Å². The van der Waals surface area contributed by atoms with E-state index in [1.165, 1.54) is 5.56 Å². The molecule has 0 fully saturated rings. The molecule has 3 aromatic rings. The molecule has 0 spiro atoms. The Kier molecular flexibility index (Phi) is 5.85. The Labute approximate surface area is 161 Å². The fourth-order valence-corrected chi connectivity index (χ4v) is 4.00. The molecule has 0 saturated carbocycles. The zero-order valence-electron chi connectivity index (χ0n) is 15.1. The number of methoxy groups -OCH3 is 1. The van der Waals surface area contributed by atoms with Crippen LogP contribution in [0.1, 0.15) is 17.4 Å². The van der Waals surface area contributed by atoms with Crippen LogP contribution in [0.3, 0.4) is 0 Å². The van der Waals surface area contributed by atoms with E-state index < -0.39 is 0 Å². The fourth-order valence-electron chi connectivity index (χ4n) is 2.39. The van der Waals surface area contributed by atoms with Gasteiger partial charge in [0.15, 0.2) is 0 Å². The van der Waals surface area contributed by atoms with Gasteiger partial charge in [-0.3, -0.25) is 4.99 Å². The SMILES string of the molecule is C=C(C)CN=c1scc(-c2ccccc2OC)n1N=Cc1sccc1C. The lowest BCUT2D eigenvalue weighted by molar-refractivity contribution is 0.416. The summed E-state index contributed by atoms with van der Waals surface area (Å²) in [6, 6.07) is 10.0. The lowest BCUT2D eigenvalue weighted by atomic mass is 10.1. The van der Waals surface area contributed by atoms with Gasteiger partial charge < -0.3 is 4.74 Å². The van der Waals surface area contributed by atoms with Crippen molar-refractivity contribution in [2.75, 3.05) is 13.7 Å². The van der Waals surface area contributed by atoms with E-state index in [0.29, 0.717) is 6.54 Å². The second-order valence-electron chi connectivity index (χ2n) is 5.90. The van der Waals surface area contributed by atoms with Gasteiger partial charge in [0.2, 0.25) is 4.80 Å². The molecule has 4 nitrogen and oxygen atoms in total. The molecule has 3 rings (SSSR count). The number of thiophene rings is 1. The largest absolute Gasteiger partial charge is 0.496 e.